The maximum atomic E-state index is 5.59. The van der Waals surface area contributed by atoms with Crippen molar-refractivity contribution in [3.05, 3.63) is 17.1 Å². The lowest BCUT2D eigenvalue weighted by atomic mass is 10.2. The summed E-state index contributed by atoms with van der Waals surface area (Å²) in [5, 5.41) is 1.97. The van der Waals surface area contributed by atoms with Crippen LogP contribution in [0.5, 0.6) is 0 Å². The van der Waals surface area contributed by atoms with Crippen molar-refractivity contribution in [3.8, 4) is 0 Å². The summed E-state index contributed by atoms with van der Waals surface area (Å²) in [5.74, 6) is 0. The highest BCUT2D eigenvalue weighted by Crippen LogP contribution is 2.18. The third-order valence-electron chi connectivity index (χ3n) is 1.47. The highest BCUT2D eigenvalue weighted by Gasteiger charge is 2.12. The van der Waals surface area contributed by atoms with Gasteiger partial charge in [0.2, 0.25) is 0 Å². The second-order valence-electron chi connectivity index (χ2n) is 2.87. The lowest BCUT2D eigenvalue weighted by molar-refractivity contribution is 0.0121. The maximum absolute atomic E-state index is 5.59. The van der Waals surface area contributed by atoms with Crippen LogP contribution in [0.3, 0.4) is 0 Å². The molecule has 1 aromatic rings. The highest BCUT2D eigenvalue weighted by molar-refractivity contribution is 7.03. The van der Waals surface area contributed by atoms with Crippen molar-refractivity contribution in [2.24, 2.45) is 5.73 Å². The van der Waals surface area contributed by atoms with Gasteiger partial charge in [-0.25, -0.2) is 4.37 Å². The molecule has 0 aliphatic heterocycles. The van der Waals surface area contributed by atoms with Gasteiger partial charge < -0.3 is 10.5 Å². The lowest BCUT2D eigenvalue weighted by Gasteiger charge is -2.16. The minimum absolute atomic E-state index is 0.00347. The number of hydrogen-bond donors (Lipinski definition) is 1. The fourth-order valence-corrected chi connectivity index (χ4v) is 1.55. The van der Waals surface area contributed by atoms with Crippen LogP contribution in [-0.4, -0.2) is 17.0 Å². The Hall–Kier alpha value is -0.450. The smallest absolute Gasteiger partial charge is 0.0974 e. The number of nitrogens with two attached hydrogens (primary N) is 1. The van der Waals surface area contributed by atoms with Crippen molar-refractivity contribution in [1.82, 2.24) is 4.37 Å². The summed E-state index contributed by atoms with van der Waals surface area (Å²) in [7, 11) is 0. The van der Waals surface area contributed by atoms with Gasteiger partial charge in [-0.15, -0.1) is 0 Å². The van der Waals surface area contributed by atoms with Crippen LogP contribution >= 0.6 is 11.5 Å². The summed E-state index contributed by atoms with van der Waals surface area (Å²) in [5.41, 5.74) is 6.64. The van der Waals surface area contributed by atoms with Gasteiger partial charge in [-0.3, -0.25) is 0 Å². The summed E-state index contributed by atoms with van der Waals surface area (Å²) < 4.78 is 9.59. The Morgan fingerprint density at radius 1 is 1.67 bits per heavy atom. The van der Waals surface area contributed by atoms with E-state index in [-0.39, 0.29) is 12.2 Å². The van der Waals surface area contributed by atoms with Crippen LogP contribution in [0.4, 0.5) is 0 Å². The molecule has 0 saturated carbocycles. The number of ether oxygens (including phenoxy) is 1. The van der Waals surface area contributed by atoms with Gasteiger partial charge in [-0.1, -0.05) is 0 Å². The quantitative estimate of drug-likeness (QED) is 0.776. The van der Waals surface area contributed by atoms with Crippen LogP contribution in [0, 0.1) is 0 Å². The second-order valence-corrected chi connectivity index (χ2v) is 3.52. The largest absolute Gasteiger partial charge is 0.369 e. The van der Waals surface area contributed by atoms with Crippen molar-refractivity contribution >= 4 is 11.5 Å². The van der Waals surface area contributed by atoms with Gasteiger partial charge >= 0.3 is 0 Å². The van der Waals surface area contributed by atoms with E-state index in [1.165, 1.54) is 11.5 Å². The van der Waals surface area contributed by atoms with Crippen LogP contribution in [0.2, 0.25) is 0 Å². The van der Waals surface area contributed by atoms with E-state index in [0.29, 0.717) is 6.54 Å². The molecule has 0 bridgehead atoms. The van der Waals surface area contributed by atoms with Gasteiger partial charge in [0.15, 0.2) is 0 Å². The molecule has 1 heterocycles. The van der Waals surface area contributed by atoms with Gasteiger partial charge in [0.25, 0.3) is 0 Å². The first-order valence-corrected chi connectivity index (χ1v) is 4.82. The molecule has 0 aliphatic rings. The molecule has 3 nitrogen and oxygen atoms in total. The summed E-state index contributed by atoms with van der Waals surface area (Å²) in [6.45, 7) is 4.52. The Morgan fingerprint density at radius 3 is 2.83 bits per heavy atom. The van der Waals surface area contributed by atoms with E-state index in [0.717, 1.165) is 5.56 Å². The van der Waals surface area contributed by atoms with Crippen molar-refractivity contribution in [3.63, 3.8) is 0 Å². The van der Waals surface area contributed by atoms with Crippen molar-refractivity contribution in [2.75, 3.05) is 6.54 Å². The average molecular weight is 186 g/mol. The predicted molar refractivity (Wildman–Crippen MR) is 50.1 cm³/mol. The first-order chi connectivity index (χ1) is 5.74. The summed E-state index contributed by atoms with van der Waals surface area (Å²) in [6.07, 6.45) is 2.02. The molecule has 0 amide bonds. The van der Waals surface area contributed by atoms with Gasteiger partial charge in [0.1, 0.15) is 0 Å². The molecule has 68 valence electrons. The van der Waals surface area contributed by atoms with Crippen LogP contribution in [0.15, 0.2) is 11.6 Å². The van der Waals surface area contributed by atoms with E-state index in [1.54, 1.807) is 0 Å². The molecule has 0 radical (unpaired) electrons. The highest BCUT2D eigenvalue weighted by atomic mass is 32.1. The summed E-state index contributed by atoms with van der Waals surface area (Å²) in [4.78, 5) is 0. The van der Waals surface area contributed by atoms with Crippen molar-refractivity contribution < 1.29 is 4.74 Å². The zero-order valence-corrected chi connectivity index (χ0v) is 8.17. The van der Waals surface area contributed by atoms with Crippen molar-refractivity contribution in [1.29, 1.82) is 0 Å². The molecule has 1 unspecified atom stereocenters. The zero-order valence-electron chi connectivity index (χ0n) is 7.36. The third-order valence-corrected chi connectivity index (χ3v) is 2.08. The monoisotopic (exact) mass is 186 g/mol. The molecule has 0 saturated heterocycles. The Balaban J connectivity index is 2.57. The van der Waals surface area contributed by atoms with Crippen LogP contribution in [0.1, 0.15) is 25.5 Å². The molecule has 12 heavy (non-hydrogen) atoms. The van der Waals surface area contributed by atoms with E-state index in [1.807, 2.05) is 25.4 Å². The molecule has 2 N–H and O–H groups in total. The van der Waals surface area contributed by atoms with Gasteiger partial charge in [-0.2, -0.15) is 0 Å². The normalized spacial score (nSPS) is 13.7. The SMILES string of the molecule is CC(C)OC(CN)c1cnsc1. The van der Waals surface area contributed by atoms with Gasteiger partial charge in [0.05, 0.1) is 12.2 Å². The fourth-order valence-electron chi connectivity index (χ4n) is 0.971. The van der Waals surface area contributed by atoms with E-state index >= 15 is 0 Å². The van der Waals surface area contributed by atoms with Crippen molar-refractivity contribution in [2.45, 2.75) is 26.1 Å². The van der Waals surface area contributed by atoms with Crippen LogP contribution in [-0.2, 0) is 4.74 Å². The third kappa shape index (κ3) is 2.55. The molecule has 0 fully saturated rings. The Morgan fingerprint density at radius 2 is 2.42 bits per heavy atom. The Labute approximate surface area is 76.7 Å². The van der Waals surface area contributed by atoms with Gasteiger partial charge in [0, 0.05) is 23.7 Å². The summed E-state index contributed by atoms with van der Waals surface area (Å²) >= 11 is 1.42. The lowest BCUT2D eigenvalue weighted by Crippen LogP contribution is -2.18. The van der Waals surface area contributed by atoms with Gasteiger partial charge in [-0.05, 0) is 25.4 Å². The van der Waals surface area contributed by atoms with E-state index in [2.05, 4.69) is 4.37 Å². The molecular weight excluding hydrogens is 172 g/mol. The number of nitrogens with zero attached hydrogens (tertiary/aromatic N) is 1. The standard InChI is InChI=1S/C8H14N2OS/c1-6(2)11-8(3-9)7-4-10-12-5-7/h4-6,8H,3,9H2,1-2H3. The molecule has 1 aromatic heterocycles. The van der Waals surface area contributed by atoms with E-state index < -0.39 is 0 Å². The number of hydrogen-bond acceptors (Lipinski definition) is 4. The van der Waals surface area contributed by atoms with E-state index in [4.69, 9.17) is 10.5 Å². The minimum Gasteiger partial charge on any atom is -0.369 e. The Kier molecular flexibility index (Phi) is 3.65. The first kappa shape index (κ1) is 9.64. The molecular formula is C8H14N2OS. The van der Waals surface area contributed by atoms with E-state index in [9.17, 15) is 0 Å². The zero-order chi connectivity index (χ0) is 8.97. The molecule has 4 heteroatoms. The Bertz CT molecular complexity index is 211. The summed E-state index contributed by atoms with van der Waals surface area (Å²) in [6, 6.07) is 0. The van der Waals surface area contributed by atoms with Crippen LogP contribution < -0.4 is 5.73 Å². The topological polar surface area (TPSA) is 48.1 Å². The molecule has 0 aliphatic carbocycles. The maximum Gasteiger partial charge on any atom is 0.0974 e. The number of aromatic nitrogens is 1. The predicted octanol–water partition coefficient (Wildman–Crippen LogP) is 1.57. The second kappa shape index (κ2) is 4.54. The molecule has 1 rings (SSSR count). The molecule has 1 atom stereocenters. The first-order valence-electron chi connectivity index (χ1n) is 3.99. The minimum atomic E-state index is 0.00347. The average Bonchev–Trinajstić information content (AvgIpc) is 2.51. The number of rotatable bonds is 4. The molecule has 0 spiro atoms. The van der Waals surface area contributed by atoms with Crippen LogP contribution in [0.25, 0.3) is 0 Å². The molecule has 0 aromatic carbocycles. The fraction of sp³-hybridized carbons (Fsp3) is 0.625.